The number of aliphatic hydroxyl groups excluding tert-OH is 1. The Morgan fingerprint density at radius 3 is 2.56 bits per heavy atom. The summed E-state index contributed by atoms with van der Waals surface area (Å²) in [5, 5.41) is 20.2. The van der Waals surface area contributed by atoms with Gasteiger partial charge in [-0.2, -0.15) is 0 Å². The quantitative estimate of drug-likeness (QED) is 0.345. The first-order valence-corrected chi connectivity index (χ1v) is 14.2. The van der Waals surface area contributed by atoms with E-state index in [9.17, 15) is 24.8 Å². The largest absolute Gasteiger partial charge is 0.394 e. The Morgan fingerprint density at radius 1 is 1.32 bits per heavy atom. The van der Waals surface area contributed by atoms with Crippen molar-refractivity contribution in [2.24, 2.45) is 0 Å². The number of hydrogen-bond donors (Lipinski definition) is 2. The highest BCUT2D eigenvalue weighted by Crippen LogP contribution is 2.52. The van der Waals surface area contributed by atoms with E-state index in [0.717, 1.165) is 0 Å². The molecule has 1 fully saturated rings. The topological polar surface area (TPSA) is 137 Å². The molecule has 1 aliphatic rings. The number of benzene rings is 1. The van der Waals surface area contributed by atoms with Crippen LogP contribution in [0.3, 0.4) is 0 Å². The summed E-state index contributed by atoms with van der Waals surface area (Å²) in [6.07, 6.45) is 0.385. The highest BCUT2D eigenvalue weighted by atomic mass is 28.3. The van der Waals surface area contributed by atoms with Gasteiger partial charge in [-0.1, -0.05) is 46.0 Å². The van der Waals surface area contributed by atoms with Gasteiger partial charge in [-0.25, -0.2) is 4.79 Å². The molecule has 0 aliphatic carbocycles. The Labute approximate surface area is 198 Å². The van der Waals surface area contributed by atoms with Gasteiger partial charge < -0.3 is 14.6 Å². The first-order chi connectivity index (χ1) is 15.7. The van der Waals surface area contributed by atoms with Gasteiger partial charge in [0, 0.05) is 24.2 Å². The Kier molecular flexibility index (Phi) is 7.05. The molecule has 2 aromatic rings. The van der Waals surface area contributed by atoms with Gasteiger partial charge in [0.25, 0.3) is 11.2 Å². The highest BCUT2D eigenvalue weighted by Gasteiger charge is 2.62. The van der Waals surface area contributed by atoms with Gasteiger partial charge in [0.05, 0.1) is 29.8 Å². The van der Waals surface area contributed by atoms with E-state index in [1.165, 1.54) is 16.8 Å². The molecular formula is C23H33N3O7Si. The third-order valence-electron chi connectivity index (χ3n) is 7.42. The van der Waals surface area contributed by atoms with Gasteiger partial charge >= 0.3 is 5.69 Å². The lowest BCUT2D eigenvalue weighted by Crippen LogP contribution is -2.64. The molecule has 0 unspecified atom stereocenters. The van der Waals surface area contributed by atoms with Crippen LogP contribution in [0.25, 0.3) is 0 Å². The number of hydrogen-bond acceptors (Lipinski definition) is 7. The number of aromatic amines is 1. The van der Waals surface area contributed by atoms with Crippen molar-refractivity contribution in [1.29, 1.82) is 0 Å². The molecule has 3 atom stereocenters. The molecule has 10 nitrogen and oxygen atoms in total. The normalized spacial score (nSPS) is 23.3. The van der Waals surface area contributed by atoms with E-state index in [1.807, 2.05) is 0 Å². The molecule has 11 heteroatoms. The van der Waals surface area contributed by atoms with Gasteiger partial charge in [0.2, 0.25) is 0 Å². The second-order valence-electron chi connectivity index (χ2n) is 10.4. The number of H-pyrrole nitrogens is 1. The van der Waals surface area contributed by atoms with Crippen molar-refractivity contribution >= 4 is 13.8 Å². The molecule has 1 aromatic carbocycles. The molecule has 0 radical (unpaired) electrons. The fraction of sp³-hybridized carbons (Fsp3) is 0.565. The highest BCUT2D eigenvalue weighted by molar-refractivity contribution is 6.81. The second kappa shape index (κ2) is 9.21. The van der Waals surface area contributed by atoms with Crippen molar-refractivity contribution in [3.63, 3.8) is 0 Å². The lowest BCUT2D eigenvalue weighted by atomic mass is 10.1. The predicted octanol–water partition coefficient (Wildman–Crippen LogP) is 2.82. The maximum absolute atomic E-state index is 13.0. The van der Waals surface area contributed by atoms with E-state index in [2.05, 4.69) is 38.8 Å². The Balaban J connectivity index is 2.08. The van der Waals surface area contributed by atoms with Crippen LogP contribution in [0.2, 0.25) is 18.1 Å². The van der Waals surface area contributed by atoms with E-state index >= 15 is 0 Å². The summed E-state index contributed by atoms with van der Waals surface area (Å²) in [7, 11) is -2.55. The summed E-state index contributed by atoms with van der Waals surface area (Å²) in [4.78, 5) is 38.4. The van der Waals surface area contributed by atoms with Crippen LogP contribution < -0.4 is 11.2 Å². The first-order valence-electron chi connectivity index (χ1n) is 11.2. The summed E-state index contributed by atoms with van der Waals surface area (Å²) >= 11 is 0. The number of ether oxygens (including phenoxy) is 2. The van der Waals surface area contributed by atoms with Crippen LogP contribution in [-0.4, -0.2) is 46.5 Å². The monoisotopic (exact) mass is 491 g/mol. The molecule has 186 valence electrons. The van der Waals surface area contributed by atoms with E-state index in [1.54, 1.807) is 25.1 Å². The fourth-order valence-electron chi connectivity index (χ4n) is 4.39. The number of nitro benzene ring substituents is 1. The SMILES string of the molecule is Cc1cn([C@@]2([Si](C)(C)C(C)(C)C)C[C@H](OCc3ccccc3[N+](=O)[O-])[C@@H](CO)O2)c(=O)[nH]c1=O. The molecular weight excluding hydrogens is 458 g/mol. The lowest BCUT2D eigenvalue weighted by molar-refractivity contribution is -0.386. The number of aromatic nitrogens is 2. The van der Waals surface area contributed by atoms with Crippen molar-refractivity contribution in [3.05, 3.63) is 72.5 Å². The summed E-state index contributed by atoms with van der Waals surface area (Å²) in [5.74, 6) is 0. The van der Waals surface area contributed by atoms with Crippen molar-refractivity contribution in [3.8, 4) is 0 Å². The van der Waals surface area contributed by atoms with Crippen LogP contribution >= 0.6 is 0 Å². The van der Waals surface area contributed by atoms with E-state index in [0.29, 0.717) is 11.1 Å². The summed E-state index contributed by atoms with van der Waals surface area (Å²) in [6, 6.07) is 6.32. The van der Waals surface area contributed by atoms with Crippen molar-refractivity contribution < 1.29 is 19.5 Å². The van der Waals surface area contributed by atoms with Gasteiger partial charge in [-0.3, -0.25) is 24.5 Å². The zero-order valence-corrected chi connectivity index (χ0v) is 21.5. The Bertz CT molecular complexity index is 1180. The molecule has 0 amide bonds. The molecule has 0 saturated carbocycles. The number of nitrogens with zero attached hydrogens (tertiary/aromatic N) is 2. The van der Waals surface area contributed by atoms with Crippen molar-refractivity contribution in [2.45, 2.75) is 76.4 Å². The predicted molar refractivity (Wildman–Crippen MR) is 129 cm³/mol. The van der Waals surface area contributed by atoms with Crippen LogP contribution in [0.15, 0.2) is 40.1 Å². The molecule has 1 aliphatic heterocycles. The average molecular weight is 492 g/mol. The van der Waals surface area contributed by atoms with E-state index < -0.39 is 41.8 Å². The summed E-state index contributed by atoms with van der Waals surface area (Å²) in [5.41, 5.74) is -0.328. The Hall–Kier alpha value is -2.60. The molecule has 0 spiro atoms. The second-order valence-corrected chi connectivity index (χ2v) is 15.9. The zero-order chi connectivity index (χ0) is 25.5. The molecule has 0 bridgehead atoms. The zero-order valence-electron chi connectivity index (χ0n) is 20.5. The fourth-order valence-corrected chi connectivity index (χ4v) is 7.49. The minimum Gasteiger partial charge on any atom is -0.394 e. The minimum absolute atomic E-state index is 0.0468. The summed E-state index contributed by atoms with van der Waals surface area (Å²) < 4.78 is 14.1. The van der Waals surface area contributed by atoms with Crippen LogP contribution in [0.5, 0.6) is 0 Å². The van der Waals surface area contributed by atoms with Gasteiger partial charge in [0.1, 0.15) is 19.5 Å². The number of para-hydroxylation sites is 1. The van der Waals surface area contributed by atoms with Crippen molar-refractivity contribution in [1.82, 2.24) is 9.55 Å². The molecule has 3 rings (SSSR count). The molecule has 1 saturated heterocycles. The van der Waals surface area contributed by atoms with Crippen LogP contribution in [-0.2, 0) is 21.4 Å². The van der Waals surface area contributed by atoms with Crippen LogP contribution in [0.1, 0.15) is 38.3 Å². The number of nitro groups is 1. The standard InChI is InChI=1S/C23H33N3O7Si/c1-15-12-25(21(29)24-20(15)28)23(34(5,6)22(2,3)4)11-18(19(13-27)33-23)32-14-16-9-7-8-10-17(16)26(30)31/h7-10,12,18-19,27H,11,13-14H2,1-6H3,(H,24,28,29)/t18-,19+,23-/m0/s1. The van der Waals surface area contributed by atoms with Gasteiger partial charge in [-0.15, -0.1) is 0 Å². The molecule has 2 heterocycles. The lowest BCUT2D eigenvalue weighted by Gasteiger charge is -2.50. The molecule has 1 aromatic heterocycles. The number of nitrogens with one attached hydrogen (secondary N) is 1. The molecule has 34 heavy (non-hydrogen) atoms. The van der Waals surface area contributed by atoms with Gasteiger partial charge in [-0.05, 0) is 18.0 Å². The number of aryl methyl sites for hydroxylation is 1. The number of aliphatic hydroxyl groups is 1. The smallest absolute Gasteiger partial charge is 0.330 e. The average Bonchev–Trinajstić information content (AvgIpc) is 3.14. The van der Waals surface area contributed by atoms with E-state index in [4.69, 9.17) is 9.47 Å². The van der Waals surface area contributed by atoms with Gasteiger partial charge in [0.15, 0.2) is 0 Å². The van der Waals surface area contributed by atoms with E-state index in [-0.39, 0.29) is 30.4 Å². The molecule has 2 N–H and O–H groups in total. The minimum atomic E-state index is -2.55. The summed E-state index contributed by atoms with van der Waals surface area (Å²) in [6.45, 7) is 11.7. The maximum atomic E-state index is 13.0. The third kappa shape index (κ3) is 4.40. The van der Waals surface area contributed by atoms with Crippen molar-refractivity contribution in [2.75, 3.05) is 6.61 Å². The maximum Gasteiger partial charge on any atom is 0.330 e. The van der Waals surface area contributed by atoms with Crippen LogP contribution in [0, 0.1) is 17.0 Å². The Morgan fingerprint density at radius 2 is 1.97 bits per heavy atom. The van der Waals surface area contributed by atoms with Crippen LogP contribution in [0.4, 0.5) is 5.69 Å². The first kappa shape index (κ1) is 26.0. The number of rotatable bonds is 7. The third-order valence-corrected chi connectivity index (χ3v) is 13.7.